The number of aliphatic hydroxyl groups is 2. The van der Waals surface area contributed by atoms with E-state index in [0.29, 0.717) is 0 Å². The van der Waals surface area contributed by atoms with Crippen molar-refractivity contribution in [3.8, 4) is 0 Å². The molecule has 0 aliphatic carbocycles. The van der Waals surface area contributed by atoms with Gasteiger partial charge in [0.05, 0.1) is 0 Å². The fourth-order valence-corrected chi connectivity index (χ4v) is 0. The van der Waals surface area contributed by atoms with Crippen LogP contribution in [0.25, 0.3) is 0 Å². The molecular weight excluding hydrogens is 210 g/mol. The van der Waals surface area contributed by atoms with Crippen molar-refractivity contribution in [1.82, 2.24) is 0 Å². The Hall–Kier alpha value is -0.598. The van der Waals surface area contributed by atoms with Crippen LogP contribution in [0.3, 0.4) is 0 Å². The zero-order valence-corrected chi connectivity index (χ0v) is 7.94. The molecule has 11 heteroatoms. The summed E-state index contributed by atoms with van der Waals surface area (Å²) < 4.78 is 0. The Bertz CT molecular complexity index is 140. The van der Waals surface area contributed by atoms with Crippen LogP contribution in [0.1, 0.15) is 1.43 Å². The minimum Gasteiger partial charge on any atom is -1.00 e. The number of hydrogen-bond donors (Lipinski definition) is 7. The first-order valence-electron chi connectivity index (χ1n) is 2.97. The van der Waals surface area contributed by atoms with Crippen LogP contribution >= 0.6 is 0 Å². The van der Waals surface area contributed by atoms with E-state index in [4.69, 9.17) is 45.1 Å². The standard InChI is InChI=1S/2C2H4O3.BH3O3.Li.H/c2*3-1-2(4)5;2-1(3)4;;/h2*3H,1H2,(H,4,5);2-4H;;/q;;;+1;-1. The van der Waals surface area contributed by atoms with Gasteiger partial charge in [0.2, 0.25) is 0 Å². The third-order valence-corrected chi connectivity index (χ3v) is 0.271. The van der Waals surface area contributed by atoms with E-state index in [1.165, 1.54) is 0 Å². The average molecular weight is 222 g/mol. The normalized spacial score (nSPS) is 6.73. The fraction of sp³-hybridized carbons (Fsp3) is 0.500. The van der Waals surface area contributed by atoms with Crippen molar-refractivity contribution in [2.75, 3.05) is 13.2 Å². The molecule has 15 heavy (non-hydrogen) atoms. The van der Waals surface area contributed by atoms with E-state index >= 15 is 0 Å². The molecule has 0 saturated heterocycles. The van der Waals surface area contributed by atoms with E-state index in [0.717, 1.165) is 0 Å². The summed E-state index contributed by atoms with van der Waals surface area (Å²) in [5.74, 6) is -2.38. The number of carbonyl (C=O) groups is 2. The molecule has 0 bridgehead atoms. The Balaban J connectivity index is -0.0000000358. The van der Waals surface area contributed by atoms with Gasteiger partial charge in [-0.1, -0.05) is 0 Å². The van der Waals surface area contributed by atoms with Gasteiger partial charge >= 0.3 is 38.1 Å². The first-order valence-corrected chi connectivity index (χ1v) is 2.97. The molecule has 0 aromatic carbocycles. The first kappa shape index (κ1) is 23.9. The van der Waals surface area contributed by atoms with Gasteiger partial charge in [0.1, 0.15) is 13.2 Å². The molecule has 0 spiro atoms. The third kappa shape index (κ3) is 151. The molecule has 9 nitrogen and oxygen atoms in total. The van der Waals surface area contributed by atoms with Crippen molar-refractivity contribution in [3.63, 3.8) is 0 Å². The molecule has 0 aromatic rings. The van der Waals surface area contributed by atoms with Crippen LogP contribution in [0.15, 0.2) is 0 Å². The predicted octanol–water partition coefficient (Wildman–Crippen LogP) is -6.81. The Labute approximate surface area is 98.4 Å². The van der Waals surface area contributed by atoms with Crippen LogP contribution < -0.4 is 18.9 Å². The molecular formula is C4H12BLiO9. The van der Waals surface area contributed by atoms with Crippen LogP contribution in [0.2, 0.25) is 0 Å². The monoisotopic (exact) mass is 222 g/mol. The fourth-order valence-electron chi connectivity index (χ4n) is 0. The van der Waals surface area contributed by atoms with Crippen LogP contribution in [0, 0.1) is 0 Å². The summed E-state index contributed by atoms with van der Waals surface area (Å²) in [6, 6.07) is 0. The largest absolute Gasteiger partial charge is 1.00 e. The number of aliphatic hydroxyl groups excluding tert-OH is 2. The first-order chi connectivity index (χ1) is 6.27. The molecule has 0 amide bonds. The van der Waals surface area contributed by atoms with E-state index in [1.807, 2.05) is 0 Å². The van der Waals surface area contributed by atoms with Crippen LogP contribution in [-0.2, 0) is 9.59 Å². The summed E-state index contributed by atoms with van der Waals surface area (Å²) in [5, 5.41) is 51.5. The molecule has 0 aliphatic rings. The molecule has 0 radical (unpaired) electrons. The van der Waals surface area contributed by atoms with Crippen molar-refractivity contribution >= 4 is 19.3 Å². The van der Waals surface area contributed by atoms with E-state index in [1.54, 1.807) is 0 Å². The van der Waals surface area contributed by atoms with Gasteiger partial charge in [-0.15, -0.1) is 0 Å². The van der Waals surface area contributed by atoms with Crippen molar-refractivity contribution in [2.45, 2.75) is 0 Å². The molecule has 7 N–H and O–H groups in total. The Morgan fingerprint density at radius 2 is 1.00 bits per heavy atom. The molecule has 0 aromatic heterocycles. The van der Waals surface area contributed by atoms with Crippen LogP contribution in [0.5, 0.6) is 0 Å². The summed E-state index contributed by atoms with van der Waals surface area (Å²) >= 11 is 0. The van der Waals surface area contributed by atoms with Crippen molar-refractivity contribution in [2.24, 2.45) is 0 Å². The SMILES string of the molecule is O=C(O)CO.O=C(O)CO.OB(O)O.[H-].[Li+]. The third-order valence-electron chi connectivity index (χ3n) is 0.271. The van der Waals surface area contributed by atoms with E-state index in [-0.39, 0.29) is 20.3 Å². The van der Waals surface area contributed by atoms with E-state index in [9.17, 15) is 0 Å². The van der Waals surface area contributed by atoms with Gasteiger partial charge < -0.3 is 36.9 Å². The van der Waals surface area contributed by atoms with Gasteiger partial charge in [0, 0.05) is 0 Å². The van der Waals surface area contributed by atoms with Gasteiger partial charge in [-0.3, -0.25) is 0 Å². The number of aliphatic carboxylic acids is 2. The van der Waals surface area contributed by atoms with Gasteiger partial charge in [-0.25, -0.2) is 9.59 Å². The molecule has 0 aliphatic heterocycles. The number of carboxylic acid groups (broad SMARTS) is 2. The molecule has 0 rings (SSSR count). The van der Waals surface area contributed by atoms with E-state index < -0.39 is 32.5 Å². The summed E-state index contributed by atoms with van der Waals surface area (Å²) in [6.07, 6.45) is 0. The molecule has 0 fully saturated rings. The van der Waals surface area contributed by atoms with Gasteiger partial charge in [0.25, 0.3) is 0 Å². The van der Waals surface area contributed by atoms with E-state index in [2.05, 4.69) is 0 Å². The maximum atomic E-state index is 9.12. The second-order valence-electron chi connectivity index (χ2n) is 1.45. The molecule has 0 unspecified atom stereocenters. The van der Waals surface area contributed by atoms with Crippen molar-refractivity contribution in [3.05, 3.63) is 0 Å². The second kappa shape index (κ2) is 19.1. The number of carboxylic acids is 2. The summed E-state index contributed by atoms with van der Waals surface area (Å²) in [7, 11) is -2.17. The molecule has 86 valence electrons. The summed E-state index contributed by atoms with van der Waals surface area (Å²) in [4.78, 5) is 18.2. The number of rotatable bonds is 2. The Morgan fingerprint density at radius 3 is 1.00 bits per heavy atom. The van der Waals surface area contributed by atoms with Crippen LogP contribution in [0.4, 0.5) is 0 Å². The minimum absolute atomic E-state index is 0. The van der Waals surface area contributed by atoms with Gasteiger partial charge in [-0.2, -0.15) is 0 Å². The Kier molecular flexibility index (Phi) is 30.4. The quantitative estimate of drug-likeness (QED) is 0.224. The minimum atomic E-state index is -2.17. The average Bonchev–Trinajstić information content (AvgIpc) is 2.04. The molecule has 0 heterocycles. The summed E-state index contributed by atoms with van der Waals surface area (Å²) in [6.45, 7) is -1.56. The number of hydrogen-bond acceptors (Lipinski definition) is 7. The molecule has 0 saturated carbocycles. The van der Waals surface area contributed by atoms with Gasteiger partial charge in [-0.05, 0) is 0 Å². The predicted molar refractivity (Wildman–Crippen MR) is 43.0 cm³/mol. The Morgan fingerprint density at radius 1 is 0.933 bits per heavy atom. The zero-order valence-electron chi connectivity index (χ0n) is 8.94. The second-order valence-corrected chi connectivity index (χ2v) is 1.45. The van der Waals surface area contributed by atoms with Crippen molar-refractivity contribution < 1.29 is 65.4 Å². The van der Waals surface area contributed by atoms with Crippen molar-refractivity contribution in [1.29, 1.82) is 0 Å². The topological polar surface area (TPSA) is 176 Å². The van der Waals surface area contributed by atoms with Crippen LogP contribution in [-0.4, -0.2) is 68.0 Å². The molecule has 0 atom stereocenters. The zero-order chi connectivity index (χ0) is 12.1. The maximum Gasteiger partial charge on any atom is 1.00 e. The maximum absolute atomic E-state index is 9.12. The smallest absolute Gasteiger partial charge is 1.00 e. The van der Waals surface area contributed by atoms with Gasteiger partial charge in [0.15, 0.2) is 0 Å². The summed E-state index contributed by atoms with van der Waals surface area (Å²) in [5.41, 5.74) is 0.